The van der Waals surface area contributed by atoms with Crippen molar-refractivity contribution >= 4 is 16.9 Å². The predicted molar refractivity (Wildman–Crippen MR) is 87.3 cm³/mol. The number of fused-ring (bicyclic) bond motifs is 1. The summed E-state index contributed by atoms with van der Waals surface area (Å²) >= 11 is 0. The number of alkyl halides is 3. The molecule has 1 N–H and O–H groups in total. The molecule has 130 valence electrons. The number of para-hydroxylation sites is 2. The van der Waals surface area contributed by atoms with Crippen LogP contribution in [0.25, 0.3) is 11.0 Å². The van der Waals surface area contributed by atoms with Crippen LogP contribution in [0.2, 0.25) is 0 Å². The van der Waals surface area contributed by atoms with Crippen LogP contribution in [-0.4, -0.2) is 33.3 Å². The van der Waals surface area contributed by atoms with E-state index < -0.39 is 11.9 Å². The van der Waals surface area contributed by atoms with Crippen LogP contribution in [0.3, 0.4) is 0 Å². The number of benzene rings is 1. The van der Waals surface area contributed by atoms with Crippen molar-refractivity contribution in [1.29, 1.82) is 0 Å². The first-order chi connectivity index (χ1) is 12.0. The molecule has 3 aromatic rings. The topological polar surface area (TPSA) is 57.7 Å². The number of aromatic nitrogens is 4. The number of nitrogens with zero attached hydrogens (tertiary/aromatic N) is 4. The summed E-state index contributed by atoms with van der Waals surface area (Å²) < 4.78 is 37.7. The van der Waals surface area contributed by atoms with Crippen LogP contribution >= 0.6 is 0 Å². The summed E-state index contributed by atoms with van der Waals surface area (Å²) in [5.74, 6) is 1.77. The van der Waals surface area contributed by atoms with Crippen molar-refractivity contribution in [2.24, 2.45) is 0 Å². The average Bonchev–Trinajstić information content (AvgIpc) is 3.05. The molecule has 1 aliphatic rings. The molecule has 0 radical (unpaired) electrons. The van der Waals surface area contributed by atoms with Gasteiger partial charge in [0.15, 0.2) is 11.5 Å². The standard InChI is InChI=1S/C17H16F3N5/c18-17(19,20)14-5-6-15(24-23-14)25-9-7-11(8-10-25)16-21-12-3-1-2-4-13(12)22-16/h1-6,11H,7-10H2,(H,21,22). The molecule has 5 nitrogen and oxygen atoms in total. The molecule has 0 bridgehead atoms. The first-order valence-electron chi connectivity index (χ1n) is 8.11. The summed E-state index contributed by atoms with van der Waals surface area (Å²) in [7, 11) is 0. The van der Waals surface area contributed by atoms with E-state index in [-0.39, 0.29) is 0 Å². The van der Waals surface area contributed by atoms with Crippen LogP contribution in [0, 0.1) is 0 Å². The number of hydrogen-bond acceptors (Lipinski definition) is 4. The minimum atomic E-state index is -4.46. The van der Waals surface area contributed by atoms with E-state index in [9.17, 15) is 13.2 Å². The maximum Gasteiger partial charge on any atom is 0.435 e. The lowest BCUT2D eigenvalue weighted by molar-refractivity contribution is -0.141. The summed E-state index contributed by atoms with van der Waals surface area (Å²) in [5, 5.41) is 7.03. The minimum Gasteiger partial charge on any atom is -0.355 e. The van der Waals surface area contributed by atoms with E-state index in [1.807, 2.05) is 29.2 Å². The Bertz CT molecular complexity index is 831. The van der Waals surface area contributed by atoms with Crippen LogP contribution in [0.4, 0.5) is 19.0 Å². The van der Waals surface area contributed by atoms with Crippen LogP contribution in [0.5, 0.6) is 0 Å². The predicted octanol–water partition coefficient (Wildman–Crippen LogP) is 3.76. The molecule has 1 saturated heterocycles. The Morgan fingerprint density at radius 2 is 1.76 bits per heavy atom. The van der Waals surface area contributed by atoms with Crippen LogP contribution < -0.4 is 4.90 Å². The van der Waals surface area contributed by atoms with Gasteiger partial charge in [-0.2, -0.15) is 13.2 Å². The number of nitrogens with one attached hydrogen (secondary N) is 1. The maximum absolute atomic E-state index is 12.6. The van der Waals surface area contributed by atoms with E-state index in [4.69, 9.17) is 0 Å². The first-order valence-corrected chi connectivity index (χ1v) is 8.11. The Labute approximate surface area is 141 Å². The van der Waals surface area contributed by atoms with Crippen molar-refractivity contribution in [3.63, 3.8) is 0 Å². The zero-order valence-corrected chi connectivity index (χ0v) is 13.3. The summed E-state index contributed by atoms with van der Waals surface area (Å²) in [4.78, 5) is 9.97. The zero-order chi connectivity index (χ0) is 17.4. The van der Waals surface area contributed by atoms with Gasteiger partial charge >= 0.3 is 6.18 Å². The van der Waals surface area contributed by atoms with Crippen molar-refractivity contribution in [3.05, 3.63) is 47.9 Å². The fourth-order valence-corrected chi connectivity index (χ4v) is 3.19. The lowest BCUT2D eigenvalue weighted by Crippen LogP contribution is -2.34. The second kappa shape index (κ2) is 6.02. The molecule has 0 amide bonds. The van der Waals surface area contributed by atoms with Crippen LogP contribution in [0.1, 0.15) is 30.3 Å². The summed E-state index contributed by atoms with van der Waals surface area (Å²) in [6.07, 6.45) is -2.73. The molecule has 1 aromatic carbocycles. The monoisotopic (exact) mass is 347 g/mol. The molecule has 0 saturated carbocycles. The highest BCUT2D eigenvalue weighted by molar-refractivity contribution is 5.74. The number of halogens is 3. The number of H-pyrrole nitrogens is 1. The zero-order valence-electron chi connectivity index (χ0n) is 13.3. The SMILES string of the molecule is FC(F)(F)c1ccc(N2CCC(c3nc4ccccc4[nH]3)CC2)nn1. The Balaban J connectivity index is 1.44. The van der Waals surface area contributed by atoms with E-state index in [0.29, 0.717) is 24.8 Å². The van der Waals surface area contributed by atoms with Gasteiger partial charge in [0.05, 0.1) is 11.0 Å². The third kappa shape index (κ3) is 3.16. The van der Waals surface area contributed by atoms with Gasteiger partial charge in [0.25, 0.3) is 0 Å². The normalized spacial score (nSPS) is 16.5. The second-order valence-corrected chi connectivity index (χ2v) is 6.18. The van der Waals surface area contributed by atoms with Crippen molar-refractivity contribution in [2.75, 3.05) is 18.0 Å². The number of piperidine rings is 1. The quantitative estimate of drug-likeness (QED) is 0.767. The van der Waals surface area contributed by atoms with E-state index in [1.165, 1.54) is 6.07 Å². The molecule has 0 aliphatic carbocycles. The lowest BCUT2D eigenvalue weighted by Gasteiger charge is -2.31. The second-order valence-electron chi connectivity index (χ2n) is 6.18. The number of aromatic amines is 1. The average molecular weight is 347 g/mol. The smallest absolute Gasteiger partial charge is 0.355 e. The van der Waals surface area contributed by atoms with Gasteiger partial charge in [-0.05, 0) is 37.1 Å². The third-order valence-corrected chi connectivity index (χ3v) is 4.55. The molecule has 3 heterocycles. The Hall–Kier alpha value is -2.64. The maximum atomic E-state index is 12.6. The highest BCUT2D eigenvalue weighted by Gasteiger charge is 2.33. The minimum absolute atomic E-state index is 0.311. The molecule has 4 rings (SSSR count). The number of rotatable bonds is 2. The van der Waals surface area contributed by atoms with Gasteiger partial charge in [-0.15, -0.1) is 10.2 Å². The van der Waals surface area contributed by atoms with Gasteiger partial charge in [0.1, 0.15) is 5.82 Å². The van der Waals surface area contributed by atoms with Crippen molar-refractivity contribution in [2.45, 2.75) is 24.9 Å². The van der Waals surface area contributed by atoms with Gasteiger partial charge in [-0.25, -0.2) is 4.98 Å². The highest BCUT2D eigenvalue weighted by atomic mass is 19.4. The van der Waals surface area contributed by atoms with Gasteiger partial charge < -0.3 is 9.88 Å². The van der Waals surface area contributed by atoms with Gasteiger partial charge in [-0.1, -0.05) is 12.1 Å². The molecule has 0 spiro atoms. The van der Waals surface area contributed by atoms with Crippen LogP contribution in [-0.2, 0) is 6.18 Å². The molecule has 8 heteroatoms. The Morgan fingerprint density at radius 3 is 2.40 bits per heavy atom. The van der Waals surface area contributed by atoms with Crippen LogP contribution in [0.15, 0.2) is 36.4 Å². The van der Waals surface area contributed by atoms with Gasteiger partial charge in [0, 0.05) is 19.0 Å². The number of imidazole rings is 1. The first kappa shape index (κ1) is 15.9. The van der Waals surface area contributed by atoms with Gasteiger partial charge in [0.2, 0.25) is 0 Å². The fraction of sp³-hybridized carbons (Fsp3) is 0.353. The van der Waals surface area contributed by atoms with E-state index in [0.717, 1.165) is 35.8 Å². The molecule has 0 unspecified atom stereocenters. The van der Waals surface area contributed by atoms with Crippen molar-refractivity contribution < 1.29 is 13.2 Å². The summed E-state index contributed by atoms with van der Waals surface area (Å²) in [6.45, 7) is 1.42. The molecule has 25 heavy (non-hydrogen) atoms. The van der Waals surface area contributed by atoms with Crippen molar-refractivity contribution in [3.8, 4) is 0 Å². The molecular formula is C17H16F3N5. The molecular weight excluding hydrogens is 331 g/mol. The Morgan fingerprint density at radius 1 is 1.00 bits per heavy atom. The molecule has 2 aromatic heterocycles. The molecule has 1 fully saturated rings. The summed E-state index contributed by atoms with van der Waals surface area (Å²) in [5.41, 5.74) is 1.01. The highest BCUT2D eigenvalue weighted by Crippen LogP contribution is 2.31. The van der Waals surface area contributed by atoms with E-state index in [1.54, 1.807) is 0 Å². The van der Waals surface area contributed by atoms with Crippen molar-refractivity contribution in [1.82, 2.24) is 20.2 Å². The number of hydrogen-bond donors (Lipinski definition) is 1. The Kier molecular flexibility index (Phi) is 3.82. The van der Waals surface area contributed by atoms with E-state index in [2.05, 4.69) is 20.2 Å². The fourth-order valence-electron chi connectivity index (χ4n) is 3.19. The number of anilines is 1. The molecule has 1 aliphatic heterocycles. The molecule has 0 atom stereocenters. The lowest BCUT2D eigenvalue weighted by atomic mass is 9.96. The summed E-state index contributed by atoms with van der Waals surface area (Å²) in [6, 6.07) is 10.3. The largest absolute Gasteiger partial charge is 0.435 e. The van der Waals surface area contributed by atoms with Gasteiger partial charge in [-0.3, -0.25) is 0 Å². The van der Waals surface area contributed by atoms with E-state index >= 15 is 0 Å². The third-order valence-electron chi connectivity index (χ3n) is 4.55.